The van der Waals surface area contributed by atoms with Crippen molar-refractivity contribution in [3.63, 3.8) is 0 Å². The van der Waals surface area contributed by atoms with Gasteiger partial charge in [-0.1, -0.05) is 29.3 Å². The lowest BCUT2D eigenvalue weighted by Crippen LogP contribution is -2.09. The predicted octanol–water partition coefficient (Wildman–Crippen LogP) is 4.63. The van der Waals surface area contributed by atoms with Gasteiger partial charge in [-0.2, -0.15) is 0 Å². The molecule has 4 nitrogen and oxygen atoms in total. The fourth-order valence-corrected chi connectivity index (χ4v) is 2.07. The average molecular weight is 377 g/mol. The first-order valence-electron chi connectivity index (χ1n) is 7.35. The van der Waals surface area contributed by atoms with Crippen molar-refractivity contribution in [1.29, 1.82) is 0 Å². The number of rotatable bonds is 6. The van der Waals surface area contributed by atoms with Crippen molar-refractivity contribution in [2.45, 2.75) is 19.8 Å². The lowest BCUT2D eigenvalue weighted by Gasteiger charge is -2.06. The maximum Gasteiger partial charge on any atom is 0.343 e. The molecule has 0 spiro atoms. The van der Waals surface area contributed by atoms with Gasteiger partial charge in [0.25, 0.3) is 0 Å². The SMILES string of the molecule is CCCCOC(=O)c1ccc(OC(=O)c2ccc(Br)cc2)cc1. The van der Waals surface area contributed by atoms with Crippen molar-refractivity contribution in [3.8, 4) is 5.75 Å². The quantitative estimate of drug-likeness (QED) is 0.419. The number of hydrogen-bond acceptors (Lipinski definition) is 4. The van der Waals surface area contributed by atoms with E-state index < -0.39 is 5.97 Å². The molecule has 2 rings (SSSR count). The summed E-state index contributed by atoms with van der Waals surface area (Å²) < 4.78 is 11.3. The Morgan fingerprint density at radius 2 is 1.48 bits per heavy atom. The van der Waals surface area contributed by atoms with Crippen LogP contribution >= 0.6 is 15.9 Å². The zero-order chi connectivity index (χ0) is 16.7. The summed E-state index contributed by atoms with van der Waals surface area (Å²) in [7, 11) is 0. The van der Waals surface area contributed by atoms with Gasteiger partial charge in [0, 0.05) is 4.47 Å². The van der Waals surface area contributed by atoms with Crippen molar-refractivity contribution in [2.24, 2.45) is 0 Å². The van der Waals surface area contributed by atoms with E-state index in [9.17, 15) is 9.59 Å². The lowest BCUT2D eigenvalue weighted by atomic mass is 10.2. The molecule has 0 radical (unpaired) electrons. The summed E-state index contributed by atoms with van der Waals surface area (Å²) in [6, 6.07) is 13.2. The van der Waals surface area contributed by atoms with Crippen molar-refractivity contribution < 1.29 is 19.1 Å². The summed E-state index contributed by atoms with van der Waals surface area (Å²) >= 11 is 3.31. The van der Waals surface area contributed by atoms with Gasteiger partial charge in [0.1, 0.15) is 5.75 Å². The fourth-order valence-electron chi connectivity index (χ4n) is 1.80. The molecule has 120 valence electrons. The molecule has 2 aromatic rings. The average Bonchev–Trinajstić information content (AvgIpc) is 2.56. The smallest absolute Gasteiger partial charge is 0.343 e. The molecule has 0 amide bonds. The molecular formula is C18H17BrO4. The highest BCUT2D eigenvalue weighted by Gasteiger charge is 2.10. The Hall–Kier alpha value is -2.14. The van der Waals surface area contributed by atoms with E-state index in [2.05, 4.69) is 15.9 Å². The van der Waals surface area contributed by atoms with Crippen LogP contribution in [0.2, 0.25) is 0 Å². The Balaban J connectivity index is 1.95. The second-order valence-corrected chi connectivity index (χ2v) is 5.83. The second-order valence-electron chi connectivity index (χ2n) is 4.91. The maximum atomic E-state index is 12.0. The van der Waals surface area contributed by atoms with E-state index in [0.29, 0.717) is 23.5 Å². The molecule has 0 N–H and O–H groups in total. The van der Waals surface area contributed by atoms with Crippen LogP contribution in [0.3, 0.4) is 0 Å². The minimum absolute atomic E-state index is 0.371. The van der Waals surface area contributed by atoms with Crippen LogP contribution in [0.4, 0.5) is 0 Å². The summed E-state index contributed by atoms with van der Waals surface area (Å²) in [5.74, 6) is -0.442. The standard InChI is InChI=1S/C18H17BrO4/c1-2-3-12-22-17(20)13-6-10-16(11-7-13)23-18(21)14-4-8-15(19)9-5-14/h4-11H,2-3,12H2,1H3. The first-order chi connectivity index (χ1) is 11.1. The van der Waals surface area contributed by atoms with E-state index in [1.807, 2.05) is 6.92 Å². The van der Waals surface area contributed by atoms with Crippen LogP contribution in [0.5, 0.6) is 5.75 Å². The first-order valence-corrected chi connectivity index (χ1v) is 8.14. The Kier molecular flexibility index (Phi) is 6.35. The zero-order valence-corrected chi connectivity index (χ0v) is 14.3. The summed E-state index contributed by atoms with van der Waals surface area (Å²) in [4.78, 5) is 23.8. The van der Waals surface area contributed by atoms with Crippen LogP contribution in [-0.2, 0) is 4.74 Å². The lowest BCUT2D eigenvalue weighted by molar-refractivity contribution is 0.0499. The van der Waals surface area contributed by atoms with E-state index in [1.54, 1.807) is 48.5 Å². The van der Waals surface area contributed by atoms with Gasteiger partial charge >= 0.3 is 11.9 Å². The Morgan fingerprint density at radius 1 is 0.913 bits per heavy atom. The number of unbranched alkanes of at least 4 members (excludes halogenated alkanes) is 1. The van der Waals surface area contributed by atoms with E-state index in [0.717, 1.165) is 17.3 Å². The van der Waals surface area contributed by atoms with Crippen LogP contribution < -0.4 is 4.74 Å². The number of halogens is 1. The van der Waals surface area contributed by atoms with E-state index in [1.165, 1.54) is 0 Å². The molecule has 0 saturated carbocycles. The Bertz CT molecular complexity index is 662. The van der Waals surface area contributed by atoms with Gasteiger partial charge in [-0.15, -0.1) is 0 Å². The molecule has 0 saturated heterocycles. The van der Waals surface area contributed by atoms with E-state index in [-0.39, 0.29) is 5.97 Å². The number of esters is 2. The van der Waals surface area contributed by atoms with Gasteiger partial charge in [-0.05, 0) is 55.0 Å². The highest BCUT2D eigenvalue weighted by atomic mass is 79.9. The van der Waals surface area contributed by atoms with Gasteiger partial charge in [-0.25, -0.2) is 9.59 Å². The molecule has 0 unspecified atom stereocenters. The molecule has 0 aliphatic heterocycles. The Labute approximate surface area is 143 Å². The minimum atomic E-state index is -0.448. The van der Waals surface area contributed by atoms with Crippen molar-refractivity contribution >= 4 is 27.9 Å². The molecule has 0 heterocycles. The molecule has 0 fully saturated rings. The number of hydrogen-bond donors (Lipinski definition) is 0. The predicted molar refractivity (Wildman–Crippen MR) is 90.7 cm³/mol. The molecule has 5 heteroatoms. The fraction of sp³-hybridized carbons (Fsp3) is 0.222. The first kappa shape index (κ1) is 17.2. The van der Waals surface area contributed by atoms with Crippen molar-refractivity contribution in [2.75, 3.05) is 6.61 Å². The van der Waals surface area contributed by atoms with Gasteiger partial charge in [0.2, 0.25) is 0 Å². The number of carbonyl (C=O) groups is 2. The third kappa shape index (κ3) is 5.21. The van der Waals surface area contributed by atoms with Crippen molar-refractivity contribution in [1.82, 2.24) is 0 Å². The third-order valence-corrected chi connectivity index (χ3v) is 3.64. The van der Waals surface area contributed by atoms with Gasteiger partial charge < -0.3 is 9.47 Å². The molecule has 0 bridgehead atoms. The van der Waals surface area contributed by atoms with Gasteiger partial charge in [0.15, 0.2) is 0 Å². The monoisotopic (exact) mass is 376 g/mol. The van der Waals surface area contributed by atoms with Crippen LogP contribution in [0, 0.1) is 0 Å². The largest absolute Gasteiger partial charge is 0.462 e. The van der Waals surface area contributed by atoms with Crippen LogP contribution in [-0.4, -0.2) is 18.5 Å². The van der Waals surface area contributed by atoms with Crippen molar-refractivity contribution in [3.05, 3.63) is 64.1 Å². The molecule has 0 aliphatic rings. The normalized spacial score (nSPS) is 10.2. The summed E-state index contributed by atoms with van der Waals surface area (Å²) in [6.45, 7) is 2.44. The zero-order valence-electron chi connectivity index (χ0n) is 12.8. The van der Waals surface area contributed by atoms with Crippen LogP contribution in [0.25, 0.3) is 0 Å². The highest BCUT2D eigenvalue weighted by molar-refractivity contribution is 9.10. The summed E-state index contributed by atoms with van der Waals surface area (Å²) in [5, 5.41) is 0. The van der Waals surface area contributed by atoms with Crippen LogP contribution in [0.15, 0.2) is 53.0 Å². The van der Waals surface area contributed by atoms with Gasteiger partial charge in [0.05, 0.1) is 17.7 Å². The highest BCUT2D eigenvalue weighted by Crippen LogP contribution is 2.16. The molecule has 0 aromatic heterocycles. The van der Waals surface area contributed by atoms with Gasteiger partial charge in [-0.3, -0.25) is 0 Å². The van der Waals surface area contributed by atoms with E-state index in [4.69, 9.17) is 9.47 Å². The Morgan fingerprint density at radius 3 is 2.09 bits per heavy atom. The molecule has 0 aliphatic carbocycles. The molecule has 0 atom stereocenters. The maximum absolute atomic E-state index is 12.0. The third-order valence-electron chi connectivity index (χ3n) is 3.11. The number of benzene rings is 2. The summed E-state index contributed by atoms with van der Waals surface area (Å²) in [5.41, 5.74) is 0.890. The molecular weight excluding hydrogens is 360 g/mol. The topological polar surface area (TPSA) is 52.6 Å². The second kappa shape index (κ2) is 8.48. The minimum Gasteiger partial charge on any atom is -0.462 e. The van der Waals surface area contributed by atoms with E-state index >= 15 is 0 Å². The number of carbonyl (C=O) groups excluding carboxylic acids is 2. The van der Waals surface area contributed by atoms with Crippen LogP contribution in [0.1, 0.15) is 40.5 Å². The summed E-state index contributed by atoms with van der Waals surface area (Å²) in [6.07, 6.45) is 1.81. The molecule has 2 aromatic carbocycles. The number of ether oxygens (including phenoxy) is 2. The molecule has 23 heavy (non-hydrogen) atoms.